The fraction of sp³-hybridized carbons (Fsp3) is 1.00. The van der Waals surface area contributed by atoms with E-state index in [2.05, 4.69) is 55.4 Å². The molecule has 0 bridgehead atoms. The molecule has 31 heavy (non-hydrogen) atoms. The SMILES string of the molecule is CC(C)[C@H]1CC[C@]2(C)CC[C@]3(C)C(CCC4[C@]5(C)CCC(O)C(C)(C)C5CC[C@]43C)C12. The molecule has 5 aliphatic carbocycles. The Morgan fingerprint density at radius 1 is 0.677 bits per heavy atom. The second-order valence-electron chi connectivity index (χ2n) is 15.2. The smallest absolute Gasteiger partial charge is 0.0594 e. The molecular weight excluding hydrogens is 376 g/mol. The zero-order valence-corrected chi connectivity index (χ0v) is 22.1. The van der Waals surface area contributed by atoms with Crippen LogP contribution in [0.15, 0.2) is 0 Å². The van der Waals surface area contributed by atoms with Crippen LogP contribution in [0, 0.1) is 62.6 Å². The molecule has 5 unspecified atom stereocenters. The molecule has 5 fully saturated rings. The van der Waals surface area contributed by atoms with Crippen LogP contribution in [0.4, 0.5) is 0 Å². The molecule has 5 saturated carbocycles. The monoisotopic (exact) mass is 428 g/mol. The molecular formula is C30H52O. The standard InChI is InChI=1S/C30H52O/c1-19(2)20-11-14-27(5)17-18-29(7)21(25(20)27)9-10-23-28(6)15-13-24(31)26(3,4)22(28)12-16-30(23,29)8/h19-25,31H,9-18H2,1-8H3/t20-,21?,22?,23?,24?,25?,27-,28-,29-,30-/m1/s1. The van der Waals surface area contributed by atoms with Gasteiger partial charge in [-0.2, -0.15) is 0 Å². The lowest BCUT2D eigenvalue weighted by molar-refractivity contribution is -0.248. The van der Waals surface area contributed by atoms with Crippen LogP contribution in [-0.2, 0) is 0 Å². The van der Waals surface area contributed by atoms with Crippen molar-refractivity contribution in [1.82, 2.24) is 0 Å². The Kier molecular flexibility index (Phi) is 4.96. The van der Waals surface area contributed by atoms with Crippen molar-refractivity contribution in [3.63, 3.8) is 0 Å². The predicted octanol–water partition coefficient (Wildman–Crippen LogP) is 8.10. The lowest BCUT2D eigenvalue weighted by Crippen LogP contribution is -2.66. The van der Waals surface area contributed by atoms with Crippen molar-refractivity contribution in [3.8, 4) is 0 Å². The van der Waals surface area contributed by atoms with Crippen molar-refractivity contribution in [3.05, 3.63) is 0 Å². The largest absolute Gasteiger partial charge is 0.393 e. The van der Waals surface area contributed by atoms with E-state index >= 15 is 0 Å². The number of rotatable bonds is 1. The quantitative estimate of drug-likeness (QED) is 0.447. The second kappa shape index (κ2) is 6.76. The Morgan fingerprint density at radius 2 is 1.39 bits per heavy atom. The maximum atomic E-state index is 10.9. The van der Waals surface area contributed by atoms with E-state index in [0.717, 1.165) is 36.0 Å². The molecule has 0 aromatic heterocycles. The lowest BCUT2D eigenvalue weighted by atomic mass is 9.32. The summed E-state index contributed by atoms with van der Waals surface area (Å²) in [6.07, 6.45) is 13.7. The van der Waals surface area contributed by atoms with Gasteiger partial charge in [0.05, 0.1) is 6.10 Å². The summed E-state index contributed by atoms with van der Waals surface area (Å²) < 4.78 is 0. The van der Waals surface area contributed by atoms with Crippen molar-refractivity contribution in [2.45, 2.75) is 126 Å². The zero-order valence-electron chi connectivity index (χ0n) is 22.1. The molecule has 0 spiro atoms. The number of aliphatic hydroxyl groups is 1. The minimum absolute atomic E-state index is 0.0748. The van der Waals surface area contributed by atoms with Gasteiger partial charge < -0.3 is 5.11 Å². The van der Waals surface area contributed by atoms with E-state index in [0.29, 0.717) is 27.6 Å². The fourth-order valence-corrected chi connectivity index (χ4v) is 11.7. The average molecular weight is 429 g/mol. The van der Waals surface area contributed by atoms with Crippen molar-refractivity contribution in [2.75, 3.05) is 0 Å². The normalized spacial score (nSPS) is 58.3. The zero-order chi connectivity index (χ0) is 22.6. The summed E-state index contributed by atoms with van der Waals surface area (Å²) in [6.45, 7) is 20.7. The summed E-state index contributed by atoms with van der Waals surface area (Å²) in [7, 11) is 0. The number of hydrogen-bond donors (Lipinski definition) is 1. The third-order valence-corrected chi connectivity index (χ3v) is 13.7. The highest BCUT2D eigenvalue weighted by Gasteiger charge is 2.70. The molecule has 0 aliphatic heterocycles. The molecule has 5 aliphatic rings. The van der Waals surface area contributed by atoms with Gasteiger partial charge in [0.1, 0.15) is 0 Å². The minimum Gasteiger partial charge on any atom is -0.393 e. The Morgan fingerprint density at radius 3 is 2.06 bits per heavy atom. The van der Waals surface area contributed by atoms with Crippen molar-refractivity contribution in [1.29, 1.82) is 0 Å². The van der Waals surface area contributed by atoms with E-state index < -0.39 is 0 Å². The van der Waals surface area contributed by atoms with E-state index in [1.807, 2.05) is 0 Å². The Bertz CT molecular complexity index is 724. The van der Waals surface area contributed by atoms with Crippen molar-refractivity contribution in [2.24, 2.45) is 62.6 Å². The Hall–Kier alpha value is -0.0400. The van der Waals surface area contributed by atoms with Crippen molar-refractivity contribution < 1.29 is 5.11 Å². The predicted molar refractivity (Wildman–Crippen MR) is 131 cm³/mol. The first kappa shape index (κ1) is 22.7. The average Bonchev–Trinajstić information content (AvgIpc) is 3.04. The van der Waals surface area contributed by atoms with Crippen LogP contribution in [0.1, 0.15) is 120 Å². The molecule has 1 nitrogen and oxygen atoms in total. The van der Waals surface area contributed by atoms with Crippen LogP contribution in [-0.4, -0.2) is 11.2 Å². The topological polar surface area (TPSA) is 20.2 Å². The molecule has 0 aromatic carbocycles. The first-order valence-corrected chi connectivity index (χ1v) is 14.0. The highest BCUT2D eigenvalue weighted by Crippen LogP contribution is 2.77. The maximum Gasteiger partial charge on any atom is 0.0594 e. The van der Waals surface area contributed by atoms with E-state index in [1.54, 1.807) is 0 Å². The van der Waals surface area contributed by atoms with Crippen LogP contribution in [0.5, 0.6) is 0 Å². The van der Waals surface area contributed by atoms with Crippen LogP contribution >= 0.6 is 0 Å². The summed E-state index contributed by atoms with van der Waals surface area (Å²) in [4.78, 5) is 0. The fourth-order valence-electron chi connectivity index (χ4n) is 11.7. The Balaban J connectivity index is 1.54. The molecule has 0 saturated heterocycles. The highest BCUT2D eigenvalue weighted by atomic mass is 16.3. The summed E-state index contributed by atoms with van der Waals surface area (Å²) in [5.74, 6) is 5.21. The van der Waals surface area contributed by atoms with Crippen LogP contribution in [0.25, 0.3) is 0 Å². The molecule has 1 N–H and O–H groups in total. The molecule has 0 heterocycles. The first-order valence-electron chi connectivity index (χ1n) is 14.0. The van der Waals surface area contributed by atoms with Crippen LogP contribution in [0.3, 0.4) is 0 Å². The van der Waals surface area contributed by atoms with Crippen LogP contribution < -0.4 is 0 Å². The summed E-state index contributed by atoms with van der Waals surface area (Å²) >= 11 is 0. The van der Waals surface area contributed by atoms with Gasteiger partial charge >= 0.3 is 0 Å². The van der Waals surface area contributed by atoms with Gasteiger partial charge in [-0.25, -0.2) is 0 Å². The van der Waals surface area contributed by atoms with Crippen LogP contribution in [0.2, 0.25) is 0 Å². The van der Waals surface area contributed by atoms with Gasteiger partial charge in [-0.05, 0) is 127 Å². The molecule has 0 aromatic rings. The molecule has 1 heteroatoms. The van der Waals surface area contributed by atoms with E-state index in [4.69, 9.17) is 0 Å². The minimum atomic E-state index is -0.109. The van der Waals surface area contributed by atoms with Gasteiger partial charge in [-0.3, -0.25) is 0 Å². The third-order valence-electron chi connectivity index (χ3n) is 13.7. The van der Waals surface area contributed by atoms with Gasteiger partial charge in [-0.1, -0.05) is 55.4 Å². The van der Waals surface area contributed by atoms with Gasteiger partial charge in [0.2, 0.25) is 0 Å². The molecule has 10 atom stereocenters. The summed E-state index contributed by atoms with van der Waals surface area (Å²) in [6, 6.07) is 0. The number of fused-ring (bicyclic) bond motifs is 7. The number of hydrogen-bond acceptors (Lipinski definition) is 1. The highest BCUT2D eigenvalue weighted by molar-refractivity contribution is 5.19. The van der Waals surface area contributed by atoms with Gasteiger partial charge in [0.15, 0.2) is 0 Å². The lowest BCUT2D eigenvalue weighted by Gasteiger charge is -2.73. The maximum absolute atomic E-state index is 10.9. The van der Waals surface area contributed by atoms with E-state index in [-0.39, 0.29) is 11.5 Å². The molecule has 5 rings (SSSR count). The molecule has 0 amide bonds. The summed E-state index contributed by atoms with van der Waals surface area (Å²) in [5, 5.41) is 10.9. The first-order chi connectivity index (χ1) is 14.3. The van der Waals surface area contributed by atoms with Crippen molar-refractivity contribution >= 4 is 0 Å². The van der Waals surface area contributed by atoms with E-state index in [9.17, 15) is 5.11 Å². The van der Waals surface area contributed by atoms with Gasteiger partial charge in [0, 0.05) is 0 Å². The summed E-state index contributed by atoms with van der Waals surface area (Å²) in [5.41, 5.74) is 2.08. The molecule has 178 valence electrons. The van der Waals surface area contributed by atoms with E-state index in [1.165, 1.54) is 57.8 Å². The number of aliphatic hydroxyl groups excluding tert-OH is 1. The third kappa shape index (κ3) is 2.71. The van der Waals surface area contributed by atoms with Gasteiger partial charge in [-0.15, -0.1) is 0 Å². The second-order valence-corrected chi connectivity index (χ2v) is 15.2. The Labute approximate surface area is 193 Å². The van der Waals surface area contributed by atoms with Gasteiger partial charge in [0.25, 0.3) is 0 Å². The molecule has 0 radical (unpaired) electrons.